The number of hydrogen-bond acceptors (Lipinski definition) is 2. The molecule has 2 aromatic rings. The van der Waals surface area contributed by atoms with Crippen molar-refractivity contribution in [3.05, 3.63) is 47.3 Å². The maximum absolute atomic E-state index is 11.2. The van der Waals surface area contributed by atoms with E-state index in [9.17, 15) is 4.79 Å². The molecule has 1 heterocycles. The highest BCUT2D eigenvalue weighted by atomic mass is 16.1. The number of aromatic nitrogens is 2. The molecule has 94 valence electrons. The normalized spacial score (nSPS) is 10.6. The molecule has 0 aliphatic heterocycles. The number of hydrogen-bond donors (Lipinski definition) is 0. The fourth-order valence-corrected chi connectivity index (χ4v) is 1.96. The Hall–Kier alpha value is -1.90. The third-order valence-electron chi connectivity index (χ3n) is 3.08. The Balaban J connectivity index is 2.41. The fourth-order valence-electron chi connectivity index (χ4n) is 1.96. The number of Topliss-reactive ketones (excluding diaryl/α,β-unsaturated/α-hetero) is 1. The Morgan fingerprint density at radius 2 is 1.83 bits per heavy atom. The largest absolute Gasteiger partial charge is 0.295 e. The molecule has 3 nitrogen and oxygen atoms in total. The topological polar surface area (TPSA) is 34.9 Å². The van der Waals surface area contributed by atoms with Gasteiger partial charge in [-0.2, -0.15) is 5.10 Å². The van der Waals surface area contributed by atoms with E-state index in [1.54, 1.807) is 6.92 Å². The van der Waals surface area contributed by atoms with Crippen LogP contribution in [0.3, 0.4) is 0 Å². The smallest absolute Gasteiger partial charge is 0.159 e. The third-order valence-corrected chi connectivity index (χ3v) is 3.08. The van der Waals surface area contributed by atoms with E-state index in [4.69, 9.17) is 0 Å². The van der Waals surface area contributed by atoms with Gasteiger partial charge in [-0.3, -0.25) is 4.79 Å². The van der Waals surface area contributed by atoms with E-state index in [1.165, 1.54) is 5.69 Å². The van der Waals surface area contributed by atoms with Gasteiger partial charge in [0.25, 0.3) is 0 Å². The van der Waals surface area contributed by atoms with Gasteiger partial charge in [0.2, 0.25) is 0 Å². The van der Waals surface area contributed by atoms with Crippen LogP contribution < -0.4 is 0 Å². The van der Waals surface area contributed by atoms with Crippen molar-refractivity contribution in [1.29, 1.82) is 0 Å². The van der Waals surface area contributed by atoms with Crippen LogP contribution in [0, 0.1) is 0 Å². The molecule has 0 unspecified atom stereocenters. The second-order valence-electron chi connectivity index (χ2n) is 4.35. The first-order chi connectivity index (χ1) is 8.65. The molecule has 3 heteroatoms. The summed E-state index contributed by atoms with van der Waals surface area (Å²) >= 11 is 0. The molecule has 0 aliphatic carbocycles. The Labute approximate surface area is 107 Å². The Kier molecular flexibility index (Phi) is 3.60. The molecule has 0 bridgehead atoms. The van der Waals surface area contributed by atoms with Crippen molar-refractivity contribution in [2.24, 2.45) is 0 Å². The molecule has 0 spiro atoms. The summed E-state index contributed by atoms with van der Waals surface area (Å²) in [5, 5.41) is 4.58. The first kappa shape index (κ1) is 12.6. The number of ketones is 1. The van der Waals surface area contributed by atoms with Gasteiger partial charge < -0.3 is 0 Å². The van der Waals surface area contributed by atoms with Crippen LogP contribution in [-0.2, 0) is 12.8 Å². The summed E-state index contributed by atoms with van der Waals surface area (Å²) in [5.41, 5.74) is 4.04. The van der Waals surface area contributed by atoms with Gasteiger partial charge in [-0.25, -0.2) is 4.68 Å². The summed E-state index contributed by atoms with van der Waals surface area (Å²) < 4.78 is 1.96. The summed E-state index contributed by atoms with van der Waals surface area (Å²) in [4.78, 5) is 11.2. The van der Waals surface area contributed by atoms with E-state index in [0.717, 1.165) is 29.8 Å². The van der Waals surface area contributed by atoms with Crippen LogP contribution in [0.2, 0.25) is 0 Å². The van der Waals surface area contributed by atoms with Gasteiger partial charge in [-0.15, -0.1) is 0 Å². The lowest BCUT2D eigenvalue weighted by molar-refractivity contribution is 0.101. The van der Waals surface area contributed by atoms with E-state index < -0.39 is 0 Å². The third kappa shape index (κ3) is 2.35. The summed E-state index contributed by atoms with van der Waals surface area (Å²) in [6, 6.07) is 9.73. The molecule has 0 atom stereocenters. The van der Waals surface area contributed by atoms with E-state index in [2.05, 4.69) is 25.0 Å². The van der Waals surface area contributed by atoms with Gasteiger partial charge in [0, 0.05) is 11.3 Å². The van der Waals surface area contributed by atoms with Gasteiger partial charge in [-0.1, -0.05) is 13.8 Å². The average Bonchev–Trinajstić information content (AvgIpc) is 2.82. The van der Waals surface area contributed by atoms with Crippen molar-refractivity contribution < 1.29 is 4.79 Å². The summed E-state index contributed by atoms with van der Waals surface area (Å²) in [6.07, 6.45) is 1.88. The van der Waals surface area contributed by atoms with Gasteiger partial charge in [0.05, 0.1) is 11.4 Å². The Bertz CT molecular complexity index is 552. The maximum Gasteiger partial charge on any atom is 0.159 e. The highest BCUT2D eigenvalue weighted by Gasteiger charge is 2.07. The van der Waals surface area contributed by atoms with Crippen LogP contribution in [0.5, 0.6) is 0 Å². The van der Waals surface area contributed by atoms with E-state index in [-0.39, 0.29) is 5.78 Å². The summed E-state index contributed by atoms with van der Waals surface area (Å²) in [5.74, 6) is 0.0898. The minimum atomic E-state index is 0.0898. The molecule has 18 heavy (non-hydrogen) atoms. The number of carbonyl (C=O) groups excluding carboxylic acids is 1. The average molecular weight is 242 g/mol. The highest BCUT2D eigenvalue weighted by Crippen LogP contribution is 2.15. The molecule has 0 saturated carbocycles. The lowest BCUT2D eigenvalue weighted by Crippen LogP contribution is -2.02. The van der Waals surface area contributed by atoms with Gasteiger partial charge in [0.1, 0.15) is 0 Å². The zero-order valence-corrected chi connectivity index (χ0v) is 11.1. The van der Waals surface area contributed by atoms with Crippen molar-refractivity contribution >= 4 is 5.78 Å². The van der Waals surface area contributed by atoms with E-state index in [0.29, 0.717) is 0 Å². The van der Waals surface area contributed by atoms with Crippen molar-refractivity contribution in [3.8, 4) is 5.69 Å². The van der Waals surface area contributed by atoms with Crippen LogP contribution in [-0.4, -0.2) is 15.6 Å². The van der Waals surface area contributed by atoms with Crippen LogP contribution in [0.4, 0.5) is 0 Å². The van der Waals surface area contributed by atoms with Crippen LogP contribution in [0.25, 0.3) is 5.69 Å². The molecule has 1 aromatic carbocycles. The standard InChI is InChI=1S/C15H18N2O/c1-4-13-10-14(5-2)17(16-13)15-8-6-12(7-9-15)11(3)18/h6-10H,4-5H2,1-3H3. The SMILES string of the molecule is CCc1cc(CC)n(-c2ccc(C(C)=O)cc2)n1. The molecular weight excluding hydrogens is 224 g/mol. The maximum atomic E-state index is 11.2. The number of benzene rings is 1. The second-order valence-corrected chi connectivity index (χ2v) is 4.35. The second kappa shape index (κ2) is 5.17. The fraction of sp³-hybridized carbons (Fsp3) is 0.333. The van der Waals surface area contributed by atoms with Gasteiger partial charge in [-0.05, 0) is 50.1 Å². The molecule has 1 aromatic heterocycles. The van der Waals surface area contributed by atoms with Crippen molar-refractivity contribution in [2.45, 2.75) is 33.6 Å². The minimum absolute atomic E-state index is 0.0898. The van der Waals surface area contributed by atoms with Crippen molar-refractivity contribution in [2.75, 3.05) is 0 Å². The van der Waals surface area contributed by atoms with Crippen LogP contribution in [0.15, 0.2) is 30.3 Å². The summed E-state index contributed by atoms with van der Waals surface area (Å²) in [7, 11) is 0. The van der Waals surface area contributed by atoms with Crippen molar-refractivity contribution in [1.82, 2.24) is 9.78 Å². The molecule has 0 fully saturated rings. The van der Waals surface area contributed by atoms with Crippen LogP contribution in [0.1, 0.15) is 42.5 Å². The first-order valence-electron chi connectivity index (χ1n) is 6.34. The molecule has 0 N–H and O–H groups in total. The lowest BCUT2D eigenvalue weighted by Gasteiger charge is -2.06. The zero-order valence-electron chi connectivity index (χ0n) is 11.1. The quantitative estimate of drug-likeness (QED) is 0.772. The molecule has 0 aliphatic rings. The molecule has 2 rings (SSSR count). The first-order valence-corrected chi connectivity index (χ1v) is 6.34. The minimum Gasteiger partial charge on any atom is -0.295 e. The van der Waals surface area contributed by atoms with Crippen molar-refractivity contribution in [3.63, 3.8) is 0 Å². The molecular formula is C15H18N2O. The Morgan fingerprint density at radius 3 is 2.33 bits per heavy atom. The lowest BCUT2D eigenvalue weighted by atomic mass is 10.1. The predicted molar refractivity (Wildman–Crippen MR) is 72.3 cm³/mol. The molecule has 0 amide bonds. The van der Waals surface area contributed by atoms with Crippen LogP contribution >= 0.6 is 0 Å². The number of nitrogens with zero attached hydrogens (tertiary/aromatic N) is 2. The number of rotatable bonds is 4. The monoisotopic (exact) mass is 242 g/mol. The Morgan fingerprint density at radius 1 is 1.17 bits per heavy atom. The highest BCUT2D eigenvalue weighted by molar-refractivity contribution is 5.94. The summed E-state index contributed by atoms with van der Waals surface area (Å²) in [6.45, 7) is 5.80. The molecule has 0 radical (unpaired) electrons. The molecule has 0 saturated heterocycles. The number of aryl methyl sites for hydroxylation is 2. The predicted octanol–water partition coefficient (Wildman–Crippen LogP) is 3.20. The zero-order chi connectivity index (χ0) is 13.1. The van der Waals surface area contributed by atoms with E-state index in [1.807, 2.05) is 28.9 Å². The van der Waals surface area contributed by atoms with E-state index >= 15 is 0 Å². The van der Waals surface area contributed by atoms with Gasteiger partial charge in [0.15, 0.2) is 5.78 Å². The number of carbonyl (C=O) groups is 1. The van der Waals surface area contributed by atoms with Gasteiger partial charge >= 0.3 is 0 Å².